The summed E-state index contributed by atoms with van der Waals surface area (Å²) in [4.78, 5) is 36.5. The Balaban J connectivity index is 2.22. The Morgan fingerprint density at radius 3 is 2.62 bits per heavy atom. The lowest BCUT2D eigenvalue weighted by atomic mass is 9.97. The van der Waals surface area contributed by atoms with Crippen LogP contribution in [0.2, 0.25) is 0 Å². The maximum Gasteiger partial charge on any atom is 0.252 e. The second kappa shape index (κ2) is 5.23. The molecule has 5 nitrogen and oxygen atoms in total. The number of hydrogen-bond acceptors (Lipinski definition) is 3. The second-order valence-electron chi connectivity index (χ2n) is 5.33. The summed E-state index contributed by atoms with van der Waals surface area (Å²) in [7, 11) is 0. The highest BCUT2D eigenvalue weighted by molar-refractivity contribution is 6.06. The molecule has 0 saturated carbocycles. The summed E-state index contributed by atoms with van der Waals surface area (Å²) in [5.41, 5.74) is -1.20. The van der Waals surface area contributed by atoms with E-state index in [9.17, 15) is 23.2 Å². The first-order chi connectivity index (χ1) is 9.71. The number of rotatable bonds is 2. The van der Waals surface area contributed by atoms with Gasteiger partial charge >= 0.3 is 0 Å². The fourth-order valence-corrected chi connectivity index (χ4v) is 2.11. The Labute approximate surface area is 119 Å². The van der Waals surface area contributed by atoms with Crippen molar-refractivity contribution in [2.45, 2.75) is 25.8 Å². The third-order valence-electron chi connectivity index (χ3n) is 3.44. The summed E-state index contributed by atoms with van der Waals surface area (Å²) < 4.78 is 26.4. The van der Waals surface area contributed by atoms with E-state index in [0.717, 1.165) is 11.0 Å². The second-order valence-corrected chi connectivity index (χ2v) is 5.33. The third-order valence-corrected chi connectivity index (χ3v) is 3.44. The fourth-order valence-electron chi connectivity index (χ4n) is 2.11. The highest BCUT2D eigenvalue weighted by Crippen LogP contribution is 2.20. The maximum absolute atomic E-state index is 13.6. The molecule has 2 rings (SSSR count). The number of imide groups is 1. The van der Waals surface area contributed by atoms with Crippen LogP contribution in [0.25, 0.3) is 0 Å². The van der Waals surface area contributed by atoms with Gasteiger partial charge in [0.05, 0.1) is 6.42 Å². The molecule has 1 fully saturated rings. The topological polar surface area (TPSA) is 66.5 Å². The quantitative estimate of drug-likeness (QED) is 0.820. The molecule has 1 aromatic rings. The number of halogens is 2. The molecule has 7 heteroatoms. The lowest BCUT2D eigenvalue weighted by Gasteiger charge is -2.40. The van der Waals surface area contributed by atoms with E-state index >= 15 is 0 Å². The van der Waals surface area contributed by atoms with E-state index < -0.39 is 34.9 Å². The number of carbonyl (C=O) groups is 3. The Bertz CT molecular complexity index is 629. The van der Waals surface area contributed by atoms with Crippen LogP contribution in [-0.4, -0.2) is 34.7 Å². The summed E-state index contributed by atoms with van der Waals surface area (Å²) in [5, 5.41) is 2.14. The third kappa shape index (κ3) is 2.91. The van der Waals surface area contributed by atoms with Crippen molar-refractivity contribution in [1.29, 1.82) is 0 Å². The number of nitrogens with one attached hydrogen (secondary N) is 1. The molecule has 0 aliphatic carbocycles. The van der Waals surface area contributed by atoms with Crippen LogP contribution in [0.15, 0.2) is 18.2 Å². The van der Waals surface area contributed by atoms with Gasteiger partial charge in [-0.1, -0.05) is 6.07 Å². The van der Waals surface area contributed by atoms with Crippen molar-refractivity contribution in [1.82, 2.24) is 10.2 Å². The molecule has 0 atom stereocenters. The lowest BCUT2D eigenvalue weighted by molar-refractivity contribution is -0.155. The summed E-state index contributed by atoms with van der Waals surface area (Å²) >= 11 is 0. The molecule has 0 spiro atoms. The molecule has 1 N–H and O–H groups in total. The smallest absolute Gasteiger partial charge is 0.252 e. The summed E-state index contributed by atoms with van der Waals surface area (Å²) in [6, 6.07) is 2.90. The molecule has 0 unspecified atom stereocenters. The number of amides is 3. The van der Waals surface area contributed by atoms with Crippen molar-refractivity contribution in [3.05, 3.63) is 35.4 Å². The number of benzene rings is 1. The molecule has 1 aromatic carbocycles. The van der Waals surface area contributed by atoms with E-state index in [2.05, 4.69) is 5.32 Å². The molecular weight excluding hydrogens is 282 g/mol. The minimum atomic E-state index is -1.21. The van der Waals surface area contributed by atoms with E-state index in [1.807, 2.05) is 0 Å². The molecule has 21 heavy (non-hydrogen) atoms. The van der Waals surface area contributed by atoms with Crippen LogP contribution in [0.4, 0.5) is 8.78 Å². The summed E-state index contributed by atoms with van der Waals surface area (Å²) in [5.74, 6) is -3.34. The highest BCUT2D eigenvalue weighted by atomic mass is 19.1. The molecule has 112 valence electrons. The van der Waals surface area contributed by atoms with E-state index in [1.165, 1.54) is 19.9 Å². The minimum Gasteiger partial charge on any atom is -0.319 e. The molecule has 1 aliphatic heterocycles. The first-order valence-corrected chi connectivity index (χ1v) is 6.30. The number of piperazine rings is 1. The van der Waals surface area contributed by atoms with Crippen molar-refractivity contribution >= 4 is 17.7 Å². The van der Waals surface area contributed by atoms with E-state index in [1.54, 1.807) is 0 Å². The first-order valence-electron chi connectivity index (χ1n) is 6.30. The van der Waals surface area contributed by atoms with Crippen LogP contribution in [-0.2, 0) is 20.8 Å². The van der Waals surface area contributed by atoms with Gasteiger partial charge in [0.1, 0.15) is 23.7 Å². The van der Waals surface area contributed by atoms with Gasteiger partial charge in [0, 0.05) is 6.07 Å². The number of hydrogen-bond donors (Lipinski definition) is 1. The summed E-state index contributed by atoms with van der Waals surface area (Å²) in [6.45, 7) is 2.71. The first kappa shape index (κ1) is 15.1. The van der Waals surface area contributed by atoms with Gasteiger partial charge in [0.2, 0.25) is 11.8 Å². The molecule has 3 amide bonds. The van der Waals surface area contributed by atoms with E-state index in [-0.39, 0.29) is 18.5 Å². The van der Waals surface area contributed by atoms with Crippen molar-refractivity contribution in [2.24, 2.45) is 0 Å². The minimum absolute atomic E-state index is 0.00984. The highest BCUT2D eigenvalue weighted by Gasteiger charge is 2.43. The Morgan fingerprint density at radius 2 is 2.00 bits per heavy atom. The number of carbonyl (C=O) groups excluding carboxylic acids is 3. The summed E-state index contributed by atoms with van der Waals surface area (Å²) in [6.07, 6.45) is -0.351. The van der Waals surface area contributed by atoms with Crippen molar-refractivity contribution in [3.8, 4) is 0 Å². The fraction of sp³-hybridized carbons (Fsp3) is 0.357. The molecule has 1 heterocycles. The SMILES string of the molecule is CC1(C)C(=O)NC(=O)CN1C(=O)Cc1ccc(F)cc1F. The van der Waals surface area contributed by atoms with Crippen molar-refractivity contribution in [3.63, 3.8) is 0 Å². The van der Waals surface area contributed by atoms with Crippen LogP contribution in [0, 0.1) is 11.6 Å². The Hall–Kier alpha value is -2.31. The zero-order valence-electron chi connectivity index (χ0n) is 11.6. The van der Waals surface area contributed by atoms with Crippen LogP contribution in [0.1, 0.15) is 19.4 Å². The van der Waals surface area contributed by atoms with Gasteiger partial charge in [0.25, 0.3) is 5.91 Å². The molecule has 0 aromatic heterocycles. The predicted octanol–water partition coefficient (Wildman–Crippen LogP) is 0.771. The lowest BCUT2D eigenvalue weighted by Crippen LogP contribution is -2.65. The molecule has 1 saturated heterocycles. The average molecular weight is 296 g/mol. The largest absolute Gasteiger partial charge is 0.319 e. The van der Waals surface area contributed by atoms with Crippen LogP contribution < -0.4 is 5.32 Å². The van der Waals surface area contributed by atoms with Crippen LogP contribution in [0.5, 0.6) is 0 Å². The normalized spacial score (nSPS) is 17.6. The Morgan fingerprint density at radius 1 is 1.33 bits per heavy atom. The van der Waals surface area contributed by atoms with Crippen LogP contribution >= 0.6 is 0 Å². The average Bonchev–Trinajstić information content (AvgIpc) is 2.37. The standard InChI is InChI=1S/C14H14F2N2O3/c1-14(2)13(21)17-11(19)7-18(14)12(20)5-8-3-4-9(15)6-10(8)16/h3-4,6H,5,7H2,1-2H3,(H,17,19,21). The van der Waals surface area contributed by atoms with Gasteiger partial charge in [0.15, 0.2) is 0 Å². The zero-order valence-corrected chi connectivity index (χ0v) is 11.6. The van der Waals surface area contributed by atoms with E-state index in [0.29, 0.717) is 6.07 Å². The zero-order chi connectivity index (χ0) is 15.8. The molecule has 0 bridgehead atoms. The van der Waals surface area contributed by atoms with Gasteiger partial charge in [-0.2, -0.15) is 0 Å². The van der Waals surface area contributed by atoms with Gasteiger partial charge in [-0.15, -0.1) is 0 Å². The van der Waals surface area contributed by atoms with Crippen molar-refractivity contribution in [2.75, 3.05) is 6.54 Å². The molecule has 0 radical (unpaired) electrons. The molecule has 1 aliphatic rings. The van der Waals surface area contributed by atoms with Gasteiger partial charge in [-0.3, -0.25) is 19.7 Å². The van der Waals surface area contributed by atoms with Crippen molar-refractivity contribution < 1.29 is 23.2 Å². The number of nitrogens with zero attached hydrogens (tertiary/aromatic N) is 1. The Kier molecular flexibility index (Phi) is 3.76. The van der Waals surface area contributed by atoms with Crippen LogP contribution in [0.3, 0.4) is 0 Å². The predicted molar refractivity (Wildman–Crippen MR) is 69.0 cm³/mol. The molecular formula is C14H14F2N2O3. The van der Waals surface area contributed by atoms with Gasteiger partial charge < -0.3 is 4.90 Å². The maximum atomic E-state index is 13.6. The monoisotopic (exact) mass is 296 g/mol. The van der Waals surface area contributed by atoms with E-state index in [4.69, 9.17) is 0 Å². The van der Waals surface area contributed by atoms with Gasteiger partial charge in [-0.05, 0) is 25.5 Å². The van der Waals surface area contributed by atoms with Gasteiger partial charge in [-0.25, -0.2) is 8.78 Å².